The molecule has 29 nitrogen and oxygen atoms in total. The average Bonchev–Trinajstić information content (AvgIpc) is 3.71. The van der Waals surface area contributed by atoms with Crippen LogP contribution in [0.25, 0.3) is 0 Å². The Morgan fingerprint density at radius 3 is 1.84 bits per heavy atom. The highest BCUT2D eigenvalue weighted by Crippen LogP contribution is 2.33. The number of nitrogens with zero attached hydrogens (tertiary/aromatic N) is 3. The molecule has 0 bridgehead atoms. The van der Waals surface area contributed by atoms with Crippen LogP contribution in [0.1, 0.15) is 149 Å². The fraction of sp³-hybridized carbons (Fsp3) is 0.709. The van der Waals surface area contributed by atoms with Crippen LogP contribution in [-0.4, -0.2) is 183 Å². The van der Waals surface area contributed by atoms with Gasteiger partial charge in [0.25, 0.3) is 0 Å². The van der Waals surface area contributed by atoms with Gasteiger partial charge in [-0.15, -0.1) is 0 Å². The lowest BCUT2D eigenvalue weighted by Crippen LogP contribution is -2.62. The minimum absolute atomic E-state index is 0.0231. The summed E-state index contributed by atoms with van der Waals surface area (Å²) in [5, 5.41) is 34.0. The van der Waals surface area contributed by atoms with E-state index in [1.54, 1.807) is 20.1 Å². The van der Waals surface area contributed by atoms with Gasteiger partial charge in [-0.3, -0.25) is 62.5 Å². The van der Waals surface area contributed by atoms with Crippen LogP contribution in [0.3, 0.4) is 0 Å². The van der Waals surface area contributed by atoms with Crippen molar-refractivity contribution < 1.29 is 62.6 Å². The number of aliphatic carboxylic acids is 1. The van der Waals surface area contributed by atoms with E-state index in [1.165, 1.54) is 38.3 Å². The zero-order chi connectivity index (χ0) is 63.4. The number of nitrogens with one attached hydrogen (secondary N) is 10. The second kappa shape index (κ2) is 36.3. The van der Waals surface area contributed by atoms with Gasteiger partial charge in [0.2, 0.25) is 65.0 Å². The fourth-order valence-electron chi connectivity index (χ4n) is 9.99. The zero-order valence-corrected chi connectivity index (χ0v) is 50.9. The summed E-state index contributed by atoms with van der Waals surface area (Å²) in [6.45, 7) is 8.80. The van der Waals surface area contributed by atoms with Crippen LogP contribution in [0.2, 0.25) is 0 Å². The summed E-state index contributed by atoms with van der Waals surface area (Å²) >= 11 is 1.35. The van der Waals surface area contributed by atoms with Crippen molar-refractivity contribution in [2.45, 2.75) is 204 Å². The summed E-state index contributed by atoms with van der Waals surface area (Å²) in [5.74, 6) is -10.1. The number of imidazole rings is 1. The van der Waals surface area contributed by atoms with E-state index in [-0.39, 0.29) is 95.1 Å². The lowest BCUT2D eigenvalue weighted by atomic mass is 9.93. The van der Waals surface area contributed by atoms with Crippen molar-refractivity contribution in [3.05, 3.63) is 18.2 Å². The molecular formula is C55H92N16O13S. The molecule has 1 saturated carbocycles. The van der Waals surface area contributed by atoms with Gasteiger partial charge in [-0.1, -0.05) is 53.4 Å². The second-order valence-electron chi connectivity index (χ2n) is 22.7. The highest BCUT2D eigenvalue weighted by atomic mass is 32.2. The first-order valence-electron chi connectivity index (χ1n) is 29.2. The Labute approximate surface area is 500 Å². The number of carboxylic acid groups (broad SMARTS) is 1. The number of carbonyl (C=O) groups is 12. The lowest BCUT2D eigenvalue weighted by molar-refractivity contribution is -0.147. The van der Waals surface area contributed by atoms with Gasteiger partial charge in [-0.05, 0) is 95.0 Å². The molecule has 2 fully saturated rings. The van der Waals surface area contributed by atoms with Gasteiger partial charge in [-0.25, -0.2) is 4.98 Å². The van der Waals surface area contributed by atoms with E-state index in [2.05, 4.69) is 62.8 Å². The van der Waals surface area contributed by atoms with Crippen molar-refractivity contribution in [3.8, 4) is 0 Å². The Morgan fingerprint density at radius 2 is 1.24 bits per heavy atom. The molecule has 0 aromatic carbocycles. The third kappa shape index (κ3) is 25.3. The SMILES string of the molecule is CSCC[C@@H]1NC(=O)[C@H](CCCN=C(N)N)NC(=O)[C@H](CCC(=O)O)N(C)C(=O)C2(CCCC2)NC(=O)CCCCCCNC(=O)[C@H](CC(C)C)NC(=O)[C@H](CC(N)=O)NC(=O)[C@H](Cc2cnc[nH]2)NC(=O)[C@H](CC(C)C)NC(=O)[C@H](C)NC1=O. The van der Waals surface area contributed by atoms with Gasteiger partial charge in [0.05, 0.1) is 12.7 Å². The number of nitrogens with two attached hydrogens (primary N) is 3. The largest absolute Gasteiger partial charge is 0.481 e. The number of rotatable bonds is 18. The molecule has 1 saturated heterocycles. The van der Waals surface area contributed by atoms with E-state index in [0.717, 1.165) is 4.90 Å². The first-order chi connectivity index (χ1) is 40.2. The number of aromatic nitrogens is 2. The predicted octanol–water partition coefficient (Wildman–Crippen LogP) is -1.66. The number of primary amides is 1. The van der Waals surface area contributed by atoms with Gasteiger partial charge in [-0.2, -0.15) is 11.8 Å². The maximum Gasteiger partial charge on any atom is 0.303 e. The quantitative estimate of drug-likeness (QED) is 0.0444. The molecule has 2 aliphatic rings. The molecule has 2 heterocycles. The van der Waals surface area contributed by atoms with Crippen LogP contribution in [-0.2, 0) is 64.0 Å². The molecule has 1 aromatic rings. The Hall–Kier alpha value is -7.53. The van der Waals surface area contributed by atoms with Gasteiger partial charge in [0, 0.05) is 51.3 Å². The third-order valence-corrected chi connectivity index (χ3v) is 15.1. The van der Waals surface area contributed by atoms with Gasteiger partial charge >= 0.3 is 5.97 Å². The molecule has 1 aromatic heterocycles. The smallest absolute Gasteiger partial charge is 0.303 e. The number of likely N-dealkylation sites (N-methyl/N-ethyl adjacent to an activating group) is 1. The summed E-state index contributed by atoms with van der Waals surface area (Å²) in [5.41, 5.74) is 15.6. The van der Waals surface area contributed by atoms with Crippen LogP contribution >= 0.6 is 11.8 Å². The highest BCUT2D eigenvalue weighted by Gasteiger charge is 2.47. The summed E-state index contributed by atoms with van der Waals surface area (Å²) in [6.07, 6.45) is 6.62. The molecule has 0 radical (unpaired) electrons. The topological polar surface area (TPSA) is 456 Å². The first kappa shape index (κ1) is 71.7. The Balaban J connectivity index is 2.10. The molecule has 476 valence electrons. The standard InChI is InChI=1S/C55H92N16O13S/c1-31(2)25-37-46(77)60-22-13-9-8-10-16-43(73)70-55(20-11-12-21-55)53(84)71(6)41(17-18-44(74)75)52(83)65-35(15-14-23-61-54(57)58)48(79)64-36(19-24-85-7)47(78)63-33(5)45(76)66-38(26-32(3)4)49(80)68-39(27-34-29-59-30-62-34)50(81)69-40(28-42(56)72)51(82)67-37/h29-33,35-41H,8-28H2,1-7H3,(H2,56,72)(H,59,62)(H,60,77)(H,63,78)(H,64,79)(H,65,83)(H,66,76)(H,67,82)(H,68,80)(H,69,81)(H,70,73)(H,74,75)(H4,57,58,61)/t33-,35-,36-,37-,38-,39-,40-,41-/m0/s1. The van der Waals surface area contributed by atoms with Crippen molar-refractivity contribution in [1.29, 1.82) is 0 Å². The normalized spacial score (nSPS) is 24.7. The number of carboxylic acids is 1. The predicted molar refractivity (Wildman–Crippen MR) is 316 cm³/mol. The monoisotopic (exact) mass is 1220 g/mol. The van der Waals surface area contributed by atoms with Crippen LogP contribution in [0.15, 0.2) is 17.5 Å². The number of guanidine groups is 1. The van der Waals surface area contributed by atoms with E-state index < -0.39 is 138 Å². The summed E-state index contributed by atoms with van der Waals surface area (Å²) in [7, 11) is 1.33. The Kier molecular flexibility index (Phi) is 30.7. The Bertz CT molecular complexity index is 2470. The number of thioether (sulfide) groups is 1. The van der Waals surface area contributed by atoms with Crippen molar-refractivity contribution >= 4 is 88.7 Å². The summed E-state index contributed by atoms with van der Waals surface area (Å²) < 4.78 is 0. The number of carbonyl (C=O) groups excluding carboxylic acids is 11. The molecule has 1 aliphatic carbocycles. The van der Waals surface area contributed by atoms with Crippen LogP contribution < -0.4 is 65.1 Å². The van der Waals surface area contributed by atoms with E-state index in [1.807, 2.05) is 13.8 Å². The van der Waals surface area contributed by atoms with E-state index in [0.29, 0.717) is 50.0 Å². The van der Waals surface area contributed by atoms with Gasteiger partial charge < -0.3 is 80.0 Å². The molecule has 1 spiro atoms. The second-order valence-corrected chi connectivity index (χ2v) is 23.7. The third-order valence-electron chi connectivity index (χ3n) is 14.5. The van der Waals surface area contributed by atoms with Crippen LogP contribution in [0.4, 0.5) is 0 Å². The molecule has 17 N–H and O–H groups in total. The van der Waals surface area contributed by atoms with Gasteiger partial charge in [0.15, 0.2) is 5.96 Å². The van der Waals surface area contributed by atoms with Crippen molar-refractivity contribution in [1.82, 2.24) is 62.7 Å². The number of aromatic amines is 1. The van der Waals surface area contributed by atoms with E-state index >= 15 is 0 Å². The summed E-state index contributed by atoms with van der Waals surface area (Å²) in [4.78, 5) is 178. The Morgan fingerprint density at radius 1 is 0.694 bits per heavy atom. The lowest BCUT2D eigenvalue weighted by Gasteiger charge is -2.37. The fourth-order valence-corrected chi connectivity index (χ4v) is 10.5. The number of aliphatic imine (C=N–C) groups is 1. The highest BCUT2D eigenvalue weighted by molar-refractivity contribution is 7.98. The zero-order valence-electron chi connectivity index (χ0n) is 50.1. The van der Waals surface area contributed by atoms with Gasteiger partial charge in [0.1, 0.15) is 53.9 Å². The molecule has 0 unspecified atom stereocenters. The molecule has 3 rings (SSSR count). The van der Waals surface area contributed by atoms with Crippen molar-refractivity contribution in [2.24, 2.45) is 34.0 Å². The molecular weight excluding hydrogens is 1120 g/mol. The number of H-pyrrole nitrogens is 1. The van der Waals surface area contributed by atoms with Crippen molar-refractivity contribution in [3.63, 3.8) is 0 Å². The number of hydrogen-bond donors (Lipinski definition) is 14. The number of hydrogen-bond acceptors (Lipinski definition) is 15. The number of amides is 11. The minimum atomic E-state index is -1.61. The average molecular weight is 1220 g/mol. The van der Waals surface area contributed by atoms with E-state index in [4.69, 9.17) is 17.2 Å². The first-order valence-corrected chi connectivity index (χ1v) is 30.6. The van der Waals surface area contributed by atoms with Crippen LogP contribution in [0.5, 0.6) is 0 Å². The molecule has 30 heteroatoms. The molecule has 11 amide bonds. The van der Waals surface area contributed by atoms with Crippen LogP contribution in [0, 0.1) is 11.8 Å². The summed E-state index contributed by atoms with van der Waals surface area (Å²) in [6, 6.07) is -11.0. The maximum absolute atomic E-state index is 14.6. The van der Waals surface area contributed by atoms with Crippen molar-refractivity contribution in [2.75, 3.05) is 32.1 Å². The maximum atomic E-state index is 14.6. The molecule has 85 heavy (non-hydrogen) atoms. The minimum Gasteiger partial charge on any atom is -0.481 e. The van der Waals surface area contributed by atoms with E-state index in [9.17, 15) is 62.6 Å². The molecule has 8 atom stereocenters. The molecule has 1 aliphatic heterocycles.